The Morgan fingerprint density at radius 2 is 2.29 bits per heavy atom. The number of likely N-dealkylation sites (tertiary alicyclic amines) is 1. The summed E-state index contributed by atoms with van der Waals surface area (Å²) in [4.78, 5) is 13.8. The van der Waals surface area contributed by atoms with Crippen LogP contribution in [-0.4, -0.2) is 34.6 Å². The van der Waals surface area contributed by atoms with E-state index in [4.69, 9.17) is 17.3 Å². The molecule has 0 radical (unpaired) electrons. The van der Waals surface area contributed by atoms with Crippen molar-refractivity contribution in [2.45, 2.75) is 18.9 Å². The number of carbonyl (C=O) groups excluding carboxylic acids is 1. The van der Waals surface area contributed by atoms with Gasteiger partial charge in [-0.1, -0.05) is 17.7 Å². The molecule has 1 unspecified atom stereocenters. The van der Waals surface area contributed by atoms with Crippen LogP contribution in [0, 0.1) is 0 Å². The molecule has 1 aromatic carbocycles. The molecule has 3 N–H and O–H groups in total. The molecule has 2 rings (SSSR count). The fourth-order valence-electron chi connectivity index (χ4n) is 2.01. The quantitative estimate of drug-likeness (QED) is 0.747. The molecular weight excluding hydrogens is 240 g/mol. The van der Waals surface area contributed by atoms with E-state index < -0.39 is 5.60 Å². The van der Waals surface area contributed by atoms with E-state index in [1.54, 1.807) is 30.0 Å². The fourth-order valence-corrected chi connectivity index (χ4v) is 2.19. The number of aliphatic hydroxyl groups is 1. The first kappa shape index (κ1) is 12.2. The molecular formula is C12H15ClN2O2. The lowest BCUT2D eigenvalue weighted by atomic mass is 10.1. The van der Waals surface area contributed by atoms with Gasteiger partial charge in [-0.15, -0.1) is 0 Å². The lowest BCUT2D eigenvalue weighted by Gasteiger charge is -2.19. The van der Waals surface area contributed by atoms with Crippen LogP contribution in [0.25, 0.3) is 0 Å². The molecule has 0 aromatic heterocycles. The van der Waals surface area contributed by atoms with Gasteiger partial charge in [-0.05, 0) is 25.5 Å². The maximum absolute atomic E-state index is 12.2. The molecule has 1 heterocycles. The highest BCUT2D eigenvalue weighted by atomic mass is 35.5. The summed E-state index contributed by atoms with van der Waals surface area (Å²) in [6, 6.07) is 4.99. The number of para-hydroxylation sites is 1. The zero-order valence-electron chi connectivity index (χ0n) is 9.61. The van der Waals surface area contributed by atoms with E-state index in [0.29, 0.717) is 35.8 Å². The Morgan fingerprint density at radius 1 is 1.59 bits per heavy atom. The molecule has 0 spiro atoms. The molecule has 0 bridgehead atoms. The summed E-state index contributed by atoms with van der Waals surface area (Å²) in [7, 11) is 0. The number of nitrogens with two attached hydrogens (primary N) is 1. The molecule has 1 atom stereocenters. The van der Waals surface area contributed by atoms with Gasteiger partial charge in [0.2, 0.25) is 0 Å². The Kier molecular flexibility index (Phi) is 3.02. The number of carbonyl (C=O) groups is 1. The molecule has 1 aliphatic rings. The maximum atomic E-state index is 12.2. The zero-order chi connectivity index (χ0) is 12.6. The second kappa shape index (κ2) is 4.20. The van der Waals surface area contributed by atoms with Crippen LogP contribution in [0.3, 0.4) is 0 Å². The van der Waals surface area contributed by atoms with E-state index >= 15 is 0 Å². The third kappa shape index (κ3) is 2.37. The summed E-state index contributed by atoms with van der Waals surface area (Å²) in [5, 5.41) is 10.2. The minimum atomic E-state index is -0.803. The van der Waals surface area contributed by atoms with Crippen molar-refractivity contribution in [3.8, 4) is 0 Å². The van der Waals surface area contributed by atoms with Gasteiger partial charge in [0.15, 0.2) is 0 Å². The predicted molar refractivity (Wildman–Crippen MR) is 67.0 cm³/mol. The Balaban J connectivity index is 2.24. The highest BCUT2D eigenvalue weighted by molar-refractivity contribution is 6.33. The van der Waals surface area contributed by atoms with Crippen molar-refractivity contribution in [3.05, 3.63) is 28.8 Å². The van der Waals surface area contributed by atoms with Crippen molar-refractivity contribution in [1.29, 1.82) is 0 Å². The molecule has 92 valence electrons. The van der Waals surface area contributed by atoms with Crippen LogP contribution in [0.4, 0.5) is 5.69 Å². The van der Waals surface area contributed by atoms with Crippen LogP contribution in [0.5, 0.6) is 0 Å². The predicted octanol–water partition coefficient (Wildman–Crippen LogP) is 1.52. The van der Waals surface area contributed by atoms with Gasteiger partial charge in [-0.25, -0.2) is 0 Å². The molecule has 1 amide bonds. The Hall–Kier alpha value is -1.26. The number of halogens is 1. The molecule has 17 heavy (non-hydrogen) atoms. The van der Waals surface area contributed by atoms with Crippen molar-refractivity contribution in [1.82, 2.24) is 4.90 Å². The van der Waals surface area contributed by atoms with E-state index in [-0.39, 0.29) is 5.91 Å². The van der Waals surface area contributed by atoms with Crippen LogP contribution in [-0.2, 0) is 0 Å². The van der Waals surface area contributed by atoms with Crippen LogP contribution < -0.4 is 5.73 Å². The number of β-amino-alcohol motifs (C(OH)–C–C–N with tert-alkyl or cyclic N) is 1. The third-order valence-corrected chi connectivity index (χ3v) is 3.35. The topological polar surface area (TPSA) is 66.6 Å². The summed E-state index contributed by atoms with van der Waals surface area (Å²) in [5.74, 6) is -0.178. The van der Waals surface area contributed by atoms with Gasteiger partial charge < -0.3 is 15.7 Å². The average molecular weight is 255 g/mol. The highest BCUT2D eigenvalue weighted by Crippen LogP contribution is 2.27. The van der Waals surface area contributed by atoms with Crippen molar-refractivity contribution in [3.63, 3.8) is 0 Å². The monoisotopic (exact) mass is 254 g/mol. The number of amides is 1. The molecule has 0 saturated carbocycles. The van der Waals surface area contributed by atoms with Gasteiger partial charge in [0, 0.05) is 13.1 Å². The van der Waals surface area contributed by atoms with Crippen LogP contribution >= 0.6 is 11.6 Å². The minimum Gasteiger partial charge on any atom is -0.397 e. The Labute approximate surface area is 105 Å². The summed E-state index contributed by atoms with van der Waals surface area (Å²) >= 11 is 5.88. The molecule has 1 aliphatic heterocycles. The average Bonchev–Trinajstić information content (AvgIpc) is 2.62. The summed E-state index contributed by atoms with van der Waals surface area (Å²) in [6.07, 6.45) is 0.583. The van der Waals surface area contributed by atoms with Gasteiger partial charge in [-0.3, -0.25) is 4.79 Å². The lowest BCUT2D eigenvalue weighted by Crippen LogP contribution is -2.34. The summed E-state index contributed by atoms with van der Waals surface area (Å²) in [6.45, 7) is 2.59. The normalized spacial score (nSPS) is 24.1. The van der Waals surface area contributed by atoms with Gasteiger partial charge in [-0.2, -0.15) is 0 Å². The van der Waals surface area contributed by atoms with Crippen LogP contribution in [0.2, 0.25) is 5.02 Å². The van der Waals surface area contributed by atoms with Gasteiger partial charge in [0.1, 0.15) is 0 Å². The second-order valence-electron chi connectivity index (χ2n) is 4.67. The van der Waals surface area contributed by atoms with Crippen molar-refractivity contribution in [2.24, 2.45) is 0 Å². The largest absolute Gasteiger partial charge is 0.397 e. The standard InChI is InChI=1S/C12H15ClN2O2/c1-12(17)5-6-15(7-12)11(16)8-3-2-4-9(13)10(8)14/h2-4,17H,5-7,14H2,1H3. The molecule has 4 nitrogen and oxygen atoms in total. The lowest BCUT2D eigenvalue weighted by molar-refractivity contribution is 0.0572. The van der Waals surface area contributed by atoms with Crippen LogP contribution in [0.1, 0.15) is 23.7 Å². The van der Waals surface area contributed by atoms with Gasteiger partial charge in [0.05, 0.1) is 21.9 Å². The number of nitrogens with zero attached hydrogens (tertiary/aromatic N) is 1. The van der Waals surface area contributed by atoms with E-state index in [1.807, 2.05) is 0 Å². The zero-order valence-corrected chi connectivity index (χ0v) is 10.4. The van der Waals surface area contributed by atoms with E-state index in [0.717, 1.165) is 0 Å². The van der Waals surface area contributed by atoms with Gasteiger partial charge in [0.25, 0.3) is 5.91 Å². The Bertz CT molecular complexity index is 460. The Morgan fingerprint density at radius 3 is 2.88 bits per heavy atom. The highest BCUT2D eigenvalue weighted by Gasteiger charge is 2.34. The fraction of sp³-hybridized carbons (Fsp3) is 0.417. The number of nitrogen functional groups attached to an aromatic ring is 1. The second-order valence-corrected chi connectivity index (χ2v) is 5.08. The third-order valence-electron chi connectivity index (χ3n) is 3.02. The summed E-state index contributed by atoms with van der Waals surface area (Å²) < 4.78 is 0. The van der Waals surface area contributed by atoms with Crippen LogP contribution in [0.15, 0.2) is 18.2 Å². The SMILES string of the molecule is CC1(O)CCN(C(=O)c2cccc(Cl)c2N)C1. The molecule has 0 aliphatic carbocycles. The van der Waals surface area contributed by atoms with Crippen molar-refractivity contribution >= 4 is 23.2 Å². The van der Waals surface area contributed by atoms with E-state index in [1.165, 1.54) is 0 Å². The number of rotatable bonds is 1. The van der Waals surface area contributed by atoms with Crippen molar-refractivity contribution < 1.29 is 9.90 Å². The minimum absolute atomic E-state index is 0.178. The van der Waals surface area contributed by atoms with Crippen molar-refractivity contribution in [2.75, 3.05) is 18.8 Å². The molecule has 1 fully saturated rings. The number of hydrogen-bond acceptors (Lipinski definition) is 3. The first-order valence-electron chi connectivity index (χ1n) is 5.46. The number of hydrogen-bond donors (Lipinski definition) is 2. The number of anilines is 1. The molecule has 5 heteroatoms. The van der Waals surface area contributed by atoms with E-state index in [2.05, 4.69) is 0 Å². The maximum Gasteiger partial charge on any atom is 0.256 e. The van der Waals surface area contributed by atoms with Gasteiger partial charge >= 0.3 is 0 Å². The molecule has 1 saturated heterocycles. The molecule has 1 aromatic rings. The smallest absolute Gasteiger partial charge is 0.256 e. The first-order valence-corrected chi connectivity index (χ1v) is 5.84. The summed E-state index contributed by atoms with van der Waals surface area (Å²) in [5.41, 5.74) is 5.67. The van der Waals surface area contributed by atoms with E-state index in [9.17, 15) is 9.90 Å². The number of benzene rings is 1. The first-order chi connectivity index (χ1) is 7.91.